The largest absolute Gasteiger partial charge is 0.476 e. The van der Waals surface area contributed by atoms with Crippen LogP contribution in [-0.4, -0.2) is 48.2 Å². The van der Waals surface area contributed by atoms with Gasteiger partial charge >= 0.3 is 0 Å². The summed E-state index contributed by atoms with van der Waals surface area (Å²) < 4.78 is 20.7. The molecular weight excluding hydrogens is 387 g/mol. The minimum absolute atomic E-state index is 0.161. The van der Waals surface area contributed by atoms with Crippen LogP contribution in [0.15, 0.2) is 12.1 Å². The van der Waals surface area contributed by atoms with E-state index in [0.29, 0.717) is 37.9 Å². The zero-order chi connectivity index (χ0) is 21.5. The Kier molecular flexibility index (Phi) is 5.59. The summed E-state index contributed by atoms with van der Waals surface area (Å²) in [6, 6.07) is 2.60. The molecule has 30 heavy (non-hydrogen) atoms. The van der Waals surface area contributed by atoms with E-state index in [4.69, 9.17) is 10.5 Å². The van der Waals surface area contributed by atoms with E-state index >= 15 is 0 Å². The molecule has 0 aromatic carbocycles. The maximum absolute atomic E-state index is 14.8. The van der Waals surface area contributed by atoms with Gasteiger partial charge in [0.15, 0.2) is 0 Å². The first-order chi connectivity index (χ1) is 14.2. The number of nitrogens with one attached hydrogen (secondary N) is 1. The van der Waals surface area contributed by atoms with Gasteiger partial charge in [0, 0.05) is 0 Å². The molecule has 1 aromatic heterocycles. The molecule has 2 heterocycles. The number of nitrogens with two attached hydrogens (primary N) is 1. The lowest BCUT2D eigenvalue weighted by Gasteiger charge is -2.46. The van der Waals surface area contributed by atoms with Gasteiger partial charge in [0.05, 0.1) is 19.7 Å². The van der Waals surface area contributed by atoms with Gasteiger partial charge in [-0.2, -0.15) is 0 Å². The van der Waals surface area contributed by atoms with Gasteiger partial charge in [0.2, 0.25) is 11.8 Å². The lowest BCUT2D eigenvalue weighted by Crippen LogP contribution is -2.60. The number of hydrogen-bond acceptors (Lipinski definition) is 5. The number of carbonyl (C=O) groups excluding carboxylic acids is 2. The second kappa shape index (κ2) is 8.04. The zero-order valence-electron chi connectivity index (χ0n) is 17.7. The topological polar surface area (TPSA) is 97.6 Å². The van der Waals surface area contributed by atoms with Crippen LogP contribution in [0.4, 0.5) is 10.1 Å². The third-order valence-corrected chi connectivity index (χ3v) is 6.14. The van der Waals surface area contributed by atoms with Crippen LogP contribution in [0.5, 0.6) is 5.88 Å². The van der Waals surface area contributed by atoms with Crippen molar-refractivity contribution >= 4 is 17.5 Å². The molecule has 8 heteroatoms. The van der Waals surface area contributed by atoms with E-state index < -0.39 is 23.5 Å². The van der Waals surface area contributed by atoms with E-state index in [9.17, 15) is 14.0 Å². The summed E-state index contributed by atoms with van der Waals surface area (Å²) in [5.74, 6) is 0.212. The minimum atomic E-state index is -1.12. The molecule has 3 aliphatic rings. The maximum atomic E-state index is 14.8. The van der Waals surface area contributed by atoms with Crippen molar-refractivity contribution in [3.8, 4) is 5.88 Å². The van der Waals surface area contributed by atoms with Crippen molar-refractivity contribution < 1.29 is 18.7 Å². The Labute approximate surface area is 176 Å². The number of nitrogens with zero attached hydrogens (tertiary/aromatic N) is 2. The van der Waals surface area contributed by atoms with Crippen LogP contribution in [0.2, 0.25) is 0 Å². The molecule has 1 aliphatic heterocycles. The number of pyridine rings is 1. The Morgan fingerprint density at radius 2 is 2.00 bits per heavy atom. The van der Waals surface area contributed by atoms with Gasteiger partial charge in [-0.05, 0) is 62.0 Å². The quantitative estimate of drug-likeness (QED) is 0.608. The average molecular weight is 419 g/mol. The van der Waals surface area contributed by atoms with E-state index in [1.807, 2.05) is 18.7 Å². The molecule has 0 spiro atoms. The summed E-state index contributed by atoms with van der Waals surface area (Å²) in [6.45, 7) is 5.13. The molecule has 0 bridgehead atoms. The smallest absolute Gasteiger partial charge is 0.270 e. The minimum Gasteiger partial charge on any atom is -0.476 e. The molecule has 2 saturated carbocycles. The molecule has 1 saturated heterocycles. The fraction of sp³-hybridized carbons (Fsp3) is 0.682. The number of hydrogen-bond donors (Lipinski definition) is 2. The summed E-state index contributed by atoms with van der Waals surface area (Å²) in [6.07, 6.45) is 4.64. The van der Waals surface area contributed by atoms with E-state index in [2.05, 4.69) is 10.3 Å². The molecule has 1 unspecified atom stereocenters. The van der Waals surface area contributed by atoms with Crippen LogP contribution in [0, 0.1) is 17.8 Å². The van der Waals surface area contributed by atoms with Crippen LogP contribution in [-0.2, 0) is 4.79 Å². The summed E-state index contributed by atoms with van der Waals surface area (Å²) in [5, 5.41) is 2.68. The van der Waals surface area contributed by atoms with Crippen molar-refractivity contribution in [3.63, 3.8) is 0 Å². The van der Waals surface area contributed by atoms with E-state index in [1.54, 1.807) is 12.1 Å². The molecule has 0 radical (unpaired) electrons. The third kappa shape index (κ3) is 4.68. The van der Waals surface area contributed by atoms with Crippen molar-refractivity contribution in [1.82, 2.24) is 10.3 Å². The van der Waals surface area contributed by atoms with Crippen LogP contribution in [0.25, 0.3) is 0 Å². The number of alkyl halides is 1. The first-order valence-corrected chi connectivity index (χ1v) is 10.9. The summed E-state index contributed by atoms with van der Waals surface area (Å²) in [7, 11) is 0. The standard InChI is InChI=1S/C22H31FN4O3/c1-13(2)9-17(19(24)28)25-20(29)16-7-8-18(21(26-16)30-10-14-3-4-14)27-11-22(23,12-27)15-5-6-15/h7-8,13-15,17H,3-6,9-12H2,1-2H3,(H2,24,28)(H,25,29). The molecule has 1 atom stereocenters. The predicted octanol–water partition coefficient (Wildman–Crippen LogP) is 2.44. The van der Waals surface area contributed by atoms with Gasteiger partial charge in [-0.3, -0.25) is 9.59 Å². The summed E-state index contributed by atoms with van der Waals surface area (Å²) in [5.41, 5.74) is 5.20. The Morgan fingerprint density at radius 3 is 2.57 bits per heavy atom. The van der Waals surface area contributed by atoms with Crippen LogP contribution >= 0.6 is 0 Å². The molecule has 164 valence electrons. The first-order valence-electron chi connectivity index (χ1n) is 10.9. The number of anilines is 1. The summed E-state index contributed by atoms with van der Waals surface area (Å²) >= 11 is 0. The molecule has 7 nitrogen and oxygen atoms in total. The van der Waals surface area contributed by atoms with Crippen molar-refractivity contribution in [2.24, 2.45) is 23.5 Å². The van der Waals surface area contributed by atoms with Gasteiger partial charge in [-0.25, -0.2) is 9.37 Å². The molecule has 4 rings (SSSR count). The third-order valence-electron chi connectivity index (χ3n) is 6.14. The molecule has 2 aliphatic carbocycles. The highest BCUT2D eigenvalue weighted by Crippen LogP contribution is 2.49. The number of rotatable bonds is 10. The van der Waals surface area contributed by atoms with Crippen molar-refractivity contribution in [2.75, 3.05) is 24.6 Å². The van der Waals surface area contributed by atoms with E-state index in [1.165, 1.54) is 0 Å². The van der Waals surface area contributed by atoms with Crippen molar-refractivity contribution in [3.05, 3.63) is 17.8 Å². The zero-order valence-corrected chi connectivity index (χ0v) is 17.7. The van der Waals surface area contributed by atoms with Gasteiger partial charge in [-0.1, -0.05) is 13.8 Å². The van der Waals surface area contributed by atoms with Crippen LogP contribution in [0.1, 0.15) is 56.4 Å². The Morgan fingerprint density at radius 1 is 1.30 bits per heavy atom. The average Bonchev–Trinajstić information content (AvgIpc) is 3.55. The number of carbonyl (C=O) groups is 2. The molecular formula is C22H31FN4O3. The Hall–Kier alpha value is -2.38. The van der Waals surface area contributed by atoms with Crippen molar-refractivity contribution in [1.29, 1.82) is 0 Å². The first kappa shape index (κ1) is 20.9. The fourth-order valence-corrected chi connectivity index (χ4v) is 3.96. The lowest BCUT2D eigenvalue weighted by atomic mass is 9.90. The Balaban J connectivity index is 1.48. The Bertz CT molecular complexity index is 817. The van der Waals surface area contributed by atoms with E-state index in [-0.39, 0.29) is 17.5 Å². The SMILES string of the molecule is CC(C)CC(NC(=O)c1ccc(N2CC(F)(C3CC3)C2)c(OCC2CC2)n1)C(N)=O. The highest BCUT2D eigenvalue weighted by Gasteiger charge is 2.54. The number of amides is 2. The van der Waals surface area contributed by atoms with Crippen LogP contribution in [0.3, 0.4) is 0 Å². The normalized spacial score (nSPS) is 21.1. The maximum Gasteiger partial charge on any atom is 0.270 e. The molecule has 3 fully saturated rings. The highest BCUT2D eigenvalue weighted by atomic mass is 19.1. The van der Waals surface area contributed by atoms with Gasteiger partial charge in [-0.15, -0.1) is 0 Å². The second-order valence-corrected chi connectivity index (χ2v) is 9.50. The van der Waals surface area contributed by atoms with Gasteiger partial charge in [0.1, 0.15) is 23.1 Å². The van der Waals surface area contributed by atoms with Gasteiger partial charge in [0.25, 0.3) is 5.91 Å². The number of primary amides is 1. The molecule has 2 amide bonds. The number of aromatic nitrogens is 1. The summed E-state index contributed by atoms with van der Waals surface area (Å²) in [4.78, 5) is 30.7. The highest BCUT2D eigenvalue weighted by molar-refractivity contribution is 5.96. The van der Waals surface area contributed by atoms with Crippen LogP contribution < -0.4 is 20.7 Å². The monoisotopic (exact) mass is 418 g/mol. The second-order valence-electron chi connectivity index (χ2n) is 9.50. The number of ether oxygens (including phenoxy) is 1. The number of halogens is 1. The lowest BCUT2D eigenvalue weighted by molar-refractivity contribution is -0.120. The fourth-order valence-electron chi connectivity index (χ4n) is 3.96. The molecule has 1 aromatic rings. The predicted molar refractivity (Wildman–Crippen MR) is 111 cm³/mol. The van der Waals surface area contributed by atoms with Crippen molar-refractivity contribution in [2.45, 2.75) is 57.7 Å². The molecule has 3 N–H and O–H groups in total. The van der Waals surface area contributed by atoms with E-state index in [0.717, 1.165) is 31.4 Å². The van der Waals surface area contributed by atoms with Gasteiger partial charge < -0.3 is 20.7 Å².